The van der Waals surface area contributed by atoms with E-state index in [4.69, 9.17) is 0 Å². The molecule has 0 atom stereocenters. The quantitative estimate of drug-likeness (QED) is 0.731. The van der Waals surface area contributed by atoms with Gasteiger partial charge in [0.25, 0.3) is 0 Å². The molecule has 0 aliphatic rings. The Morgan fingerprint density at radius 3 is 1.50 bits per heavy atom. The van der Waals surface area contributed by atoms with Crippen molar-refractivity contribution in [3.8, 4) is 0 Å². The second-order valence-electron chi connectivity index (χ2n) is 4.30. The third kappa shape index (κ3) is 2.95. The topological polar surface area (TPSA) is 0 Å². The highest BCUT2D eigenvalue weighted by Gasteiger charge is 2.13. The molecule has 0 bridgehead atoms. The first-order chi connectivity index (χ1) is 8.70. The summed E-state index contributed by atoms with van der Waals surface area (Å²) in [6.07, 6.45) is 1.64. The third-order valence-corrected chi connectivity index (χ3v) is 3.04. The highest BCUT2D eigenvalue weighted by Crippen LogP contribution is 2.29. The van der Waals surface area contributed by atoms with Gasteiger partial charge >= 0.3 is 0 Å². The van der Waals surface area contributed by atoms with E-state index in [9.17, 15) is 8.78 Å². The largest absolute Gasteiger partial charge is 0.207 e. The van der Waals surface area contributed by atoms with E-state index in [2.05, 4.69) is 6.92 Å². The first kappa shape index (κ1) is 12.7. The number of hydrogen-bond donors (Lipinski definition) is 0. The van der Waals surface area contributed by atoms with Crippen LogP contribution in [-0.2, 0) is 0 Å². The lowest BCUT2D eigenvalue weighted by Crippen LogP contribution is -2.01. The molecule has 0 nitrogen and oxygen atoms in total. The number of hydrogen-bond acceptors (Lipinski definition) is 0. The van der Waals surface area contributed by atoms with Gasteiger partial charge in [0.1, 0.15) is 11.6 Å². The van der Waals surface area contributed by atoms with Crippen LogP contribution >= 0.6 is 0 Å². The van der Waals surface area contributed by atoms with Gasteiger partial charge in [-0.05, 0) is 41.8 Å². The zero-order valence-corrected chi connectivity index (χ0v) is 10.1. The van der Waals surface area contributed by atoms with Gasteiger partial charge in [-0.2, -0.15) is 0 Å². The average Bonchev–Trinajstić information content (AvgIpc) is 2.39. The van der Waals surface area contributed by atoms with Crippen molar-refractivity contribution < 1.29 is 8.78 Å². The molecule has 0 aromatic heterocycles. The van der Waals surface area contributed by atoms with Gasteiger partial charge in [0.05, 0.1) is 0 Å². The molecule has 2 rings (SSSR count). The van der Waals surface area contributed by atoms with Crippen LogP contribution in [-0.4, -0.2) is 0 Å². The molecule has 0 N–H and O–H groups in total. The normalized spacial score (nSPS) is 10.9. The SMILES string of the molecule is [CH2]CCC(c1ccc(F)cc1)c1ccc(F)cc1. The van der Waals surface area contributed by atoms with E-state index in [1.807, 2.05) is 0 Å². The van der Waals surface area contributed by atoms with Crippen LogP contribution in [0.25, 0.3) is 0 Å². The summed E-state index contributed by atoms with van der Waals surface area (Å²) in [6, 6.07) is 12.9. The average molecular weight is 245 g/mol. The molecule has 0 amide bonds. The van der Waals surface area contributed by atoms with E-state index < -0.39 is 0 Å². The first-order valence-corrected chi connectivity index (χ1v) is 6.01. The molecule has 0 saturated carbocycles. The Bertz CT molecular complexity index is 440. The minimum Gasteiger partial charge on any atom is -0.207 e. The van der Waals surface area contributed by atoms with Crippen molar-refractivity contribution in [1.82, 2.24) is 0 Å². The van der Waals surface area contributed by atoms with Gasteiger partial charge in [0.2, 0.25) is 0 Å². The van der Waals surface area contributed by atoms with Gasteiger partial charge in [-0.1, -0.05) is 37.6 Å². The smallest absolute Gasteiger partial charge is 0.123 e. The number of rotatable bonds is 4. The van der Waals surface area contributed by atoms with Crippen molar-refractivity contribution in [2.45, 2.75) is 18.8 Å². The highest BCUT2D eigenvalue weighted by atomic mass is 19.1. The zero-order chi connectivity index (χ0) is 13.0. The van der Waals surface area contributed by atoms with Crippen molar-refractivity contribution in [2.24, 2.45) is 0 Å². The molecule has 0 aliphatic heterocycles. The Balaban J connectivity index is 2.33. The maximum atomic E-state index is 12.9. The van der Waals surface area contributed by atoms with Crippen molar-refractivity contribution in [1.29, 1.82) is 0 Å². The van der Waals surface area contributed by atoms with Crippen molar-refractivity contribution >= 4 is 0 Å². The summed E-state index contributed by atoms with van der Waals surface area (Å²) in [4.78, 5) is 0. The predicted octanol–water partition coefficient (Wildman–Crippen LogP) is 4.71. The van der Waals surface area contributed by atoms with Crippen LogP contribution in [0.4, 0.5) is 8.78 Å². The second-order valence-corrected chi connectivity index (χ2v) is 4.30. The first-order valence-electron chi connectivity index (χ1n) is 6.01. The van der Waals surface area contributed by atoms with Gasteiger partial charge in [-0.3, -0.25) is 0 Å². The van der Waals surface area contributed by atoms with Gasteiger partial charge in [-0.25, -0.2) is 8.78 Å². The monoisotopic (exact) mass is 245 g/mol. The van der Waals surface area contributed by atoms with Crippen LogP contribution in [0.1, 0.15) is 29.9 Å². The summed E-state index contributed by atoms with van der Waals surface area (Å²) < 4.78 is 25.9. The Hall–Kier alpha value is -1.70. The van der Waals surface area contributed by atoms with Crippen LogP contribution in [0.3, 0.4) is 0 Å². The summed E-state index contributed by atoms with van der Waals surface area (Å²) in [6.45, 7) is 3.86. The molecule has 0 fully saturated rings. The fourth-order valence-corrected chi connectivity index (χ4v) is 2.12. The summed E-state index contributed by atoms with van der Waals surface area (Å²) in [5.74, 6) is -0.346. The van der Waals surface area contributed by atoms with E-state index in [0.29, 0.717) is 0 Å². The van der Waals surface area contributed by atoms with Crippen LogP contribution in [0.5, 0.6) is 0 Å². The van der Waals surface area contributed by atoms with E-state index in [0.717, 1.165) is 24.0 Å². The Labute approximate surface area is 106 Å². The summed E-state index contributed by atoms with van der Waals surface area (Å²) in [7, 11) is 0. The van der Waals surface area contributed by atoms with E-state index in [1.54, 1.807) is 24.3 Å². The lowest BCUT2D eigenvalue weighted by Gasteiger charge is -2.17. The summed E-state index contributed by atoms with van der Waals surface area (Å²) in [5.41, 5.74) is 2.07. The van der Waals surface area contributed by atoms with Crippen LogP contribution in [0.2, 0.25) is 0 Å². The summed E-state index contributed by atoms with van der Waals surface area (Å²) >= 11 is 0. The molecule has 93 valence electrons. The molecule has 0 aliphatic carbocycles. The lowest BCUT2D eigenvalue weighted by molar-refractivity contribution is 0.622. The fourth-order valence-electron chi connectivity index (χ4n) is 2.12. The third-order valence-electron chi connectivity index (χ3n) is 3.04. The minimum absolute atomic E-state index is 0.142. The highest BCUT2D eigenvalue weighted by molar-refractivity contribution is 5.32. The molecule has 2 aromatic rings. The van der Waals surface area contributed by atoms with Crippen LogP contribution < -0.4 is 0 Å². The number of halogens is 2. The van der Waals surface area contributed by atoms with Crippen molar-refractivity contribution in [2.75, 3.05) is 0 Å². The minimum atomic E-state index is -0.244. The molecule has 0 saturated heterocycles. The maximum Gasteiger partial charge on any atom is 0.123 e. The van der Waals surface area contributed by atoms with E-state index in [1.165, 1.54) is 24.3 Å². The van der Waals surface area contributed by atoms with E-state index in [-0.39, 0.29) is 17.6 Å². The van der Waals surface area contributed by atoms with Gasteiger partial charge in [-0.15, -0.1) is 0 Å². The second kappa shape index (κ2) is 5.76. The molecular formula is C16H15F2. The van der Waals surface area contributed by atoms with Crippen LogP contribution in [0.15, 0.2) is 48.5 Å². The molecule has 0 heterocycles. The van der Waals surface area contributed by atoms with E-state index >= 15 is 0 Å². The van der Waals surface area contributed by atoms with Gasteiger partial charge < -0.3 is 0 Å². The maximum absolute atomic E-state index is 12.9. The molecule has 1 radical (unpaired) electrons. The zero-order valence-electron chi connectivity index (χ0n) is 10.1. The Kier molecular flexibility index (Phi) is 4.08. The summed E-state index contributed by atoms with van der Waals surface area (Å²) in [5, 5.41) is 0. The molecule has 2 aromatic carbocycles. The molecular weight excluding hydrogens is 230 g/mol. The predicted molar refractivity (Wildman–Crippen MR) is 69.2 cm³/mol. The number of benzene rings is 2. The molecule has 0 unspecified atom stereocenters. The molecule has 0 spiro atoms. The van der Waals surface area contributed by atoms with Crippen molar-refractivity contribution in [3.05, 3.63) is 78.2 Å². The van der Waals surface area contributed by atoms with Crippen LogP contribution in [0, 0.1) is 18.6 Å². The molecule has 2 heteroatoms. The van der Waals surface area contributed by atoms with Crippen molar-refractivity contribution in [3.63, 3.8) is 0 Å². The lowest BCUT2D eigenvalue weighted by atomic mass is 9.88. The Morgan fingerprint density at radius 1 is 0.778 bits per heavy atom. The van der Waals surface area contributed by atoms with Gasteiger partial charge in [0, 0.05) is 5.92 Å². The standard InChI is InChI=1S/C16H15F2/c1-2-3-16(12-4-8-14(17)9-5-12)13-6-10-15(18)11-7-13/h4-11,16H,1-3H2. The fraction of sp³-hybridized carbons (Fsp3) is 0.188. The molecule has 18 heavy (non-hydrogen) atoms. The van der Waals surface area contributed by atoms with Gasteiger partial charge in [0.15, 0.2) is 0 Å². The Morgan fingerprint density at radius 2 is 1.17 bits per heavy atom.